The number of carbonyl (C=O) groups is 1. The van der Waals surface area contributed by atoms with E-state index in [0.717, 1.165) is 12.1 Å². The highest BCUT2D eigenvalue weighted by Gasteiger charge is 2.65. The molecule has 2 aromatic heterocycles. The van der Waals surface area contributed by atoms with Crippen molar-refractivity contribution in [1.82, 2.24) is 9.55 Å². The quantitative estimate of drug-likeness (QED) is 0.210. The van der Waals surface area contributed by atoms with Gasteiger partial charge in [-0.2, -0.15) is 0 Å². The van der Waals surface area contributed by atoms with Gasteiger partial charge in [-0.15, -0.1) is 0 Å². The Bertz CT molecular complexity index is 1230. The van der Waals surface area contributed by atoms with Gasteiger partial charge in [0.05, 0.1) is 6.61 Å². The summed E-state index contributed by atoms with van der Waals surface area (Å²) < 4.78 is 76.3. The number of hydrogen-bond acceptors (Lipinski definition) is 5. The monoisotopic (exact) mass is 490 g/mol. The maximum atomic E-state index is 12.9. The fourth-order valence-electron chi connectivity index (χ4n) is 2.88. The van der Waals surface area contributed by atoms with E-state index in [2.05, 4.69) is 4.98 Å². The molecule has 12 heteroatoms. The van der Waals surface area contributed by atoms with Crippen LogP contribution in [0, 0.1) is 0 Å². The van der Waals surface area contributed by atoms with Gasteiger partial charge >= 0.3 is 16.2 Å². The predicted octanol–water partition coefficient (Wildman–Crippen LogP) is 6.31. The Hall–Kier alpha value is -3.41. The Labute approximate surface area is 185 Å². The molecule has 3 rings (SSSR count). The number of aromatic nitrogens is 2. The normalized spacial score (nSPS) is 13.6. The van der Waals surface area contributed by atoms with Crippen molar-refractivity contribution in [3.05, 3.63) is 71.3 Å². The molecule has 2 heterocycles. The molecule has 0 atom stereocenters. The highest BCUT2D eigenvalue weighted by atomic mass is 32.5. The van der Waals surface area contributed by atoms with Crippen LogP contribution in [0.1, 0.15) is 13.3 Å². The molecule has 0 N–H and O–H groups in total. The number of benzene rings is 1. The average molecular weight is 490 g/mol. The number of nitrogens with zero attached hydrogens (tertiary/aromatic N) is 2. The summed E-state index contributed by atoms with van der Waals surface area (Å²) in [4.78, 5) is 25.0. The van der Waals surface area contributed by atoms with Gasteiger partial charge in [-0.25, -0.2) is 4.98 Å². The second-order valence-corrected chi connectivity index (χ2v) is 9.45. The van der Waals surface area contributed by atoms with Crippen molar-refractivity contribution in [3.63, 3.8) is 0 Å². The van der Waals surface area contributed by atoms with Crippen molar-refractivity contribution in [3.8, 4) is 22.8 Å². The molecule has 33 heavy (non-hydrogen) atoms. The largest absolute Gasteiger partial charge is 0.466 e. The van der Waals surface area contributed by atoms with Gasteiger partial charge < -0.3 is 14.0 Å². The minimum Gasteiger partial charge on any atom is -0.466 e. The Morgan fingerprint density at radius 2 is 1.73 bits per heavy atom. The molecule has 6 nitrogen and oxygen atoms in total. The van der Waals surface area contributed by atoms with Gasteiger partial charge in [-0.1, -0.05) is 19.4 Å². The lowest BCUT2D eigenvalue weighted by Gasteiger charge is -2.40. The van der Waals surface area contributed by atoms with Crippen LogP contribution in [0.5, 0.6) is 11.6 Å². The van der Waals surface area contributed by atoms with Gasteiger partial charge in [-0.3, -0.25) is 9.59 Å². The molecule has 0 unspecified atom stereocenters. The van der Waals surface area contributed by atoms with Crippen LogP contribution in [0.2, 0.25) is 0 Å². The first-order chi connectivity index (χ1) is 15.2. The molecule has 0 saturated carbocycles. The second kappa shape index (κ2) is 8.18. The number of carbonyl (C=O) groups excluding carboxylic acids is 1. The smallest absolute Gasteiger partial charge is 0.310 e. The van der Waals surface area contributed by atoms with Crippen LogP contribution < -0.4 is 10.3 Å². The molecule has 1 aromatic carbocycles. The number of rotatable bonds is 8. The molecular formula is C21H19F5N2O4S. The molecule has 0 aliphatic carbocycles. The van der Waals surface area contributed by atoms with Crippen molar-refractivity contribution < 1.29 is 33.7 Å². The lowest BCUT2D eigenvalue weighted by atomic mass is 10.1. The third-order valence-electron chi connectivity index (χ3n) is 4.40. The molecule has 0 radical (unpaired) electrons. The van der Waals surface area contributed by atoms with E-state index in [0.29, 0.717) is 17.5 Å². The minimum absolute atomic E-state index is 0.00250. The van der Waals surface area contributed by atoms with Crippen LogP contribution in [-0.2, 0) is 16.1 Å². The van der Waals surface area contributed by atoms with Crippen LogP contribution in [-0.4, -0.2) is 22.1 Å². The summed E-state index contributed by atoms with van der Waals surface area (Å²) in [7, 11) is -9.79. The lowest BCUT2D eigenvalue weighted by molar-refractivity contribution is -0.141. The number of esters is 1. The minimum atomic E-state index is -9.79. The summed E-state index contributed by atoms with van der Waals surface area (Å²) in [6, 6.07) is 8.12. The second-order valence-electron chi connectivity index (χ2n) is 7.04. The first-order valence-electron chi connectivity index (χ1n) is 9.54. The van der Waals surface area contributed by atoms with Crippen LogP contribution in [0.15, 0.2) is 70.6 Å². The van der Waals surface area contributed by atoms with Gasteiger partial charge in [0.25, 0.3) is 5.56 Å². The van der Waals surface area contributed by atoms with Crippen molar-refractivity contribution in [1.29, 1.82) is 0 Å². The number of halogens is 5. The van der Waals surface area contributed by atoms with Crippen molar-refractivity contribution >= 4 is 16.2 Å². The van der Waals surface area contributed by atoms with Crippen LogP contribution in [0.4, 0.5) is 19.4 Å². The lowest BCUT2D eigenvalue weighted by Crippen LogP contribution is -2.19. The molecule has 0 saturated heterocycles. The molecule has 0 amide bonds. The average Bonchev–Trinajstić information content (AvgIpc) is 2.71. The number of hydrogen-bond donors (Lipinski definition) is 0. The fourth-order valence-corrected chi connectivity index (χ4v) is 3.53. The molecular weight excluding hydrogens is 471 g/mol. The third kappa shape index (κ3) is 6.54. The third-order valence-corrected chi connectivity index (χ3v) is 5.56. The zero-order valence-corrected chi connectivity index (χ0v) is 18.0. The Morgan fingerprint density at radius 1 is 1.03 bits per heavy atom. The summed E-state index contributed by atoms with van der Waals surface area (Å²) >= 11 is 0. The number of pyridine rings is 2. The van der Waals surface area contributed by atoms with E-state index in [-0.39, 0.29) is 42.5 Å². The highest BCUT2D eigenvalue weighted by molar-refractivity contribution is 8.45. The molecule has 0 aliphatic rings. The molecule has 0 aliphatic heterocycles. The zero-order valence-electron chi connectivity index (χ0n) is 17.2. The standard InChI is InChI=1S/C21H19F5N2O4S/c1-15(29)31-13-3-12-28-14-16(5-10-20(28)30)19-4-2-11-27-21(19)32-17-6-8-18(9-7-17)33(22,23,24,25)26/h2,4-11,14H,3,12-13H2,1H3. The summed E-state index contributed by atoms with van der Waals surface area (Å²) in [5.74, 6) is -0.556. The fraction of sp³-hybridized carbons (Fsp3) is 0.190. The van der Waals surface area contributed by atoms with E-state index in [1.807, 2.05) is 0 Å². The Balaban J connectivity index is 1.85. The van der Waals surface area contributed by atoms with Gasteiger partial charge in [0.1, 0.15) is 10.6 Å². The SMILES string of the molecule is CC(=O)OCCCn1cc(-c2cccnc2Oc2ccc(S(F)(F)(F)(F)F)cc2)ccc1=O. The Kier molecular flexibility index (Phi) is 6.01. The van der Waals surface area contributed by atoms with E-state index >= 15 is 0 Å². The summed E-state index contributed by atoms with van der Waals surface area (Å²) in [5, 5.41) is 0. The Morgan fingerprint density at radius 3 is 2.36 bits per heavy atom. The van der Waals surface area contributed by atoms with E-state index in [1.54, 1.807) is 12.1 Å². The zero-order chi connectivity index (χ0) is 24.3. The van der Waals surface area contributed by atoms with E-state index in [9.17, 15) is 29.0 Å². The first kappa shape index (κ1) is 24.2. The predicted molar refractivity (Wildman–Crippen MR) is 113 cm³/mol. The van der Waals surface area contributed by atoms with Gasteiger partial charge in [-0.05, 0) is 48.9 Å². The van der Waals surface area contributed by atoms with Crippen molar-refractivity contribution in [2.45, 2.75) is 24.8 Å². The van der Waals surface area contributed by atoms with E-state index in [4.69, 9.17) is 9.47 Å². The van der Waals surface area contributed by atoms with Crippen LogP contribution in [0.25, 0.3) is 11.1 Å². The number of aryl methyl sites for hydroxylation is 1. The molecule has 178 valence electrons. The summed E-state index contributed by atoms with van der Waals surface area (Å²) in [5.41, 5.74) is 0.649. The van der Waals surface area contributed by atoms with Gasteiger partial charge in [0.2, 0.25) is 5.88 Å². The molecule has 0 spiro atoms. The van der Waals surface area contributed by atoms with E-state index in [1.165, 1.54) is 36.0 Å². The maximum Gasteiger partial charge on any atom is 0.310 e. The summed E-state index contributed by atoms with van der Waals surface area (Å²) in [6.07, 6.45) is 3.33. The first-order valence-corrected chi connectivity index (χ1v) is 11.5. The van der Waals surface area contributed by atoms with Gasteiger partial charge in [0.15, 0.2) is 0 Å². The summed E-state index contributed by atoms with van der Waals surface area (Å²) in [6.45, 7) is 1.69. The molecule has 0 fully saturated rings. The van der Waals surface area contributed by atoms with Crippen LogP contribution in [0.3, 0.4) is 0 Å². The topological polar surface area (TPSA) is 70.4 Å². The maximum absolute atomic E-state index is 12.9. The van der Waals surface area contributed by atoms with E-state index < -0.39 is 21.1 Å². The number of ether oxygens (including phenoxy) is 2. The van der Waals surface area contributed by atoms with Crippen LogP contribution >= 0.6 is 10.2 Å². The van der Waals surface area contributed by atoms with Gasteiger partial charge in [0, 0.05) is 43.1 Å². The highest BCUT2D eigenvalue weighted by Crippen LogP contribution is 3.02. The molecule has 0 bridgehead atoms. The van der Waals surface area contributed by atoms with Crippen molar-refractivity contribution in [2.75, 3.05) is 6.61 Å². The van der Waals surface area contributed by atoms with Crippen molar-refractivity contribution in [2.24, 2.45) is 0 Å². The molecule has 3 aromatic rings.